The number of anilines is 2. The largest absolute Gasteiger partial charge is 0.497 e. The minimum atomic E-state index is -3.90. The molecular weight excluding hydrogens is 648 g/mol. The maximum Gasteiger partial charge on any atom is 0.308 e. The number of nitrogens with zero attached hydrogens (tertiary/aromatic N) is 2. The van der Waals surface area contributed by atoms with Gasteiger partial charge in [0.05, 0.1) is 28.6 Å². The molecule has 0 aliphatic carbocycles. The number of ether oxygens (including phenoxy) is 1. The van der Waals surface area contributed by atoms with Gasteiger partial charge in [0.15, 0.2) is 0 Å². The molecule has 11 nitrogen and oxygen atoms in total. The zero-order chi connectivity index (χ0) is 31.3. The van der Waals surface area contributed by atoms with Crippen LogP contribution in [-0.4, -0.2) is 43.1 Å². The summed E-state index contributed by atoms with van der Waals surface area (Å²) in [4.78, 5) is 55.4. The lowest BCUT2D eigenvalue weighted by molar-refractivity contribution is -0.122. The molecular formula is C29H23ClN4O7S3. The first-order valence-corrected chi connectivity index (χ1v) is 16.7. The van der Waals surface area contributed by atoms with Gasteiger partial charge >= 0.3 is 4.87 Å². The second kappa shape index (κ2) is 11.5. The highest BCUT2D eigenvalue weighted by molar-refractivity contribution is 8.00. The summed E-state index contributed by atoms with van der Waals surface area (Å²) < 4.78 is 29.7. The van der Waals surface area contributed by atoms with Gasteiger partial charge in [0, 0.05) is 21.5 Å². The fourth-order valence-corrected chi connectivity index (χ4v) is 8.76. The van der Waals surface area contributed by atoms with Crippen molar-refractivity contribution in [3.8, 4) is 5.75 Å². The summed E-state index contributed by atoms with van der Waals surface area (Å²) >= 11 is 8.07. The summed E-state index contributed by atoms with van der Waals surface area (Å²) in [7, 11) is -2.37. The predicted molar refractivity (Wildman–Crippen MR) is 167 cm³/mol. The normalized spacial score (nSPS) is 19.4. The molecule has 0 spiro atoms. The van der Waals surface area contributed by atoms with E-state index >= 15 is 0 Å². The summed E-state index contributed by atoms with van der Waals surface area (Å²) in [5.74, 6) is -2.20. The van der Waals surface area contributed by atoms with Crippen LogP contribution >= 0.6 is 34.7 Å². The van der Waals surface area contributed by atoms with Crippen molar-refractivity contribution in [3.05, 3.63) is 97.9 Å². The molecule has 15 heteroatoms. The van der Waals surface area contributed by atoms with Crippen molar-refractivity contribution >= 4 is 73.8 Å². The molecule has 3 N–H and O–H groups in total. The van der Waals surface area contributed by atoms with Crippen LogP contribution in [0.2, 0.25) is 5.02 Å². The summed E-state index contributed by atoms with van der Waals surface area (Å²) in [5, 5.41) is 7.82. The van der Waals surface area contributed by atoms with Crippen LogP contribution in [0.25, 0.3) is 0 Å². The first-order valence-electron chi connectivity index (χ1n) is 13.1. The van der Waals surface area contributed by atoms with E-state index in [2.05, 4.69) is 5.32 Å². The van der Waals surface area contributed by atoms with E-state index in [1.807, 2.05) is 0 Å². The Labute approximate surface area is 264 Å². The van der Waals surface area contributed by atoms with E-state index in [0.29, 0.717) is 37.6 Å². The average Bonchev–Trinajstić information content (AvgIpc) is 3.43. The fraction of sp³-hybridized carbons (Fsp3) is 0.172. The first kappa shape index (κ1) is 30.1. The molecule has 3 atom stereocenters. The molecule has 1 aromatic heterocycles. The molecule has 3 amide bonds. The number of hydrogen-bond acceptors (Lipinski definition) is 9. The second-order valence-corrected chi connectivity index (χ2v) is 14.2. The Morgan fingerprint density at radius 3 is 2.25 bits per heavy atom. The third-order valence-corrected chi connectivity index (χ3v) is 11.2. The number of thiazole rings is 1. The van der Waals surface area contributed by atoms with Gasteiger partial charge in [-0.1, -0.05) is 46.8 Å². The van der Waals surface area contributed by atoms with Crippen molar-refractivity contribution in [1.29, 1.82) is 0 Å². The number of aromatic nitrogens is 1. The van der Waals surface area contributed by atoms with E-state index in [0.717, 1.165) is 28.0 Å². The topological polar surface area (TPSA) is 158 Å². The van der Waals surface area contributed by atoms with Gasteiger partial charge in [0.1, 0.15) is 17.5 Å². The molecule has 3 aromatic carbocycles. The number of hydrogen-bond donors (Lipinski definition) is 2. The SMILES string of the molecule is COc1ccc([C@H]2c3sc(=O)n(CC(=O)Nc4ccc(S(N)(=O)=O)cc4)c3SC3C(=O)N(c4ccc(Cl)cc4)C(=O)C32)cc1. The molecule has 6 rings (SSSR count). The minimum Gasteiger partial charge on any atom is -0.497 e. The Bertz CT molecular complexity index is 1960. The number of rotatable bonds is 7. The number of methoxy groups -OCH3 is 1. The number of halogens is 1. The van der Waals surface area contributed by atoms with E-state index in [-0.39, 0.29) is 11.4 Å². The molecule has 1 fully saturated rings. The van der Waals surface area contributed by atoms with E-state index < -0.39 is 49.7 Å². The number of carbonyl (C=O) groups is 3. The molecule has 2 unspecified atom stereocenters. The summed E-state index contributed by atoms with van der Waals surface area (Å²) in [6.07, 6.45) is 0. The standard InChI is InChI=1S/C29H23ClN4O7S3/c1-41-19-10-2-15(3-11-19)22-23-24(27(37)34(26(23)36)18-8-4-16(30)5-9-18)42-28-25(22)43-29(38)33(28)14-21(35)32-17-6-12-20(13-7-17)44(31,39)40/h2-13,22-24H,14H2,1H3,(H,32,35)(H2,31,39,40)/t22-,23?,24?/m1/s1. The highest BCUT2D eigenvalue weighted by atomic mass is 35.5. The lowest BCUT2D eigenvalue weighted by Gasteiger charge is -2.30. The second-order valence-electron chi connectivity index (χ2n) is 10.0. The van der Waals surface area contributed by atoms with Gasteiger partial charge in [0.2, 0.25) is 27.7 Å². The molecule has 2 aliphatic heterocycles. The number of nitrogens with two attached hydrogens (primary N) is 1. The van der Waals surface area contributed by atoms with Gasteiger partial charge < -0.3 is 10.1 Å². The maximum absolute atomic E-state index is 14.0. The Hall–Kier alpha value is -3.95. The first-order chi connectivity index (χ1) is 21.0. The Morgan fingerprint density at radius 2 is 1.64 bits per heavy atom. The van der Waals surface area contributed by atoms with Crippen LogP contribution in [0.4, 0.5) is 11.4 Å². The number of carbonyl (C=O) groups excluding carboxylic acids is 3. The fourth-order valence-electron chi connectivity index (χ4n) is 5.34. The Morgan fingerprint density at radius 1 is 0.977 bits per heavy atom. The number of primary sulfonamides is 1. The number of fused-ring (bicyclic) bond motifs is 2. The van der Waals surface area contributed by atoms with Crippen LogP contribution < -0.4 is 25.0 Å². The van der Waals surface area contributed by atoms with Crippen LogP contribution in [0.1, 0.15) is 16.4 Å². The molecule has 2 aliphatic rings. The number of thioether (sulfide) groups is 1. The van der Waals surface area contributed by atoms with Gasteiger partial charge in [-0.25, -0.2) is 18.5 Å². The van der Waals surface area contributed by atoms with E-state index in [1.54, 1.807) is 48.5 Å². The van der Waals surface area contributed by atoms with Gasteiger partial charge in [-0.2, -0.15) is 0 Å². The van der Waals surface area contributed by atoms with E-state index in [4.69, 9.17) is 21.5 Å². The third-order valence-electron chi connectivity index (χ3n) is 7.38. The van der Waals surface area contributed by atoms with Crippen LogP contribution in [0.15, 0.2) is 87.5 Å². The van der Waals surface area contributed by atoms with Gasteiger partial charge in [-0.05, 0) is 66.2 Å². The van der Waals surface area contributed by atoms with Crippen molar-refractivity contribution in [3.63, 3.8) is 0 Å². The maximum atomic E-state index is 14.0. The number of nitrogens with one attached hydrogen (secondary N) is 1. The predicted octanol–water partition coefficient (Wildman–Crippen LogP) is 3.65. The van der Waals surface area contributed by atoms with Crippen molar-refractivity contribution < 1.29 is 27.5 Å². The van der Waals surface area contributed by atoms with E-state index in [1.165, 1.54) is 35.9 Å². The quantitative estimate of drug-likeness (QED) is 0.282. The molecule has 44 heavy (non-hydrogen) atoms. The van der Waals surface area contributed by atoms with Crippen molar-refractivity contribution in [2.45, 2.75) is 27.6 Å². The number of amides is 3. The van der Waals surface area contributed by atoms with Gasteiger partial charge in [-0.15, -0.1) is 0 Å². The average molecular weight is 671 g/mol. The Kier molecular flexibility index (Phi) is 7.88. The Balaban J connectivity index is 1.37. The number of imide groups is 1. The van der Waals surface area contributed by atoms with Crippen LogP contribution in [-0.2, 0) is 31.0 Å². The molecule has 1 saturated heterocycles. The molecule has 226 valence electrons. The molecule has 0 bridgehead atoms. The van der Waals surface area contributed by atoms with Crippen LogP contribution in [0.5, 0.6) is 5.75 Å². The zero-order valence-corrected chi connectivity index (χ0v) is 26.0. The van der Waals surface area contributed by atoms with Crippen molar-refractivity contribution in [2.24, 2.45) is 11.1 Å². The third kappa shape index (κ3) is 5.43. The molecule has 4 aromatic rings. The lowest BCUT2D eigenvalue weighted by Crippen LogP contribution is -2.33. The van der Waals surface area contributed by atoms with Crippen molar-refractivity contribution in [1.82, 2.24) is 4.57 Å². The summed E-state index contributed by atoms with van der Waals surface area (Å²) in [6.45, 7) is -0.371. The number of sulfonamides is 1. The molecule has 3 heterocycles. The smallest absolute Gasteiger partial charge is 0.308 e. The monoisotopic (exact) mass is 670 g/mol. The van der Waals surface area contributed by atoms with Crippen molar-refractivity contribution in [2.75, 3.05) is 17.3 Å². The van der Waals surface area contributed by atoms with Crippen LogP contribution in [0.3, 0.4) is 0 Å². The highest BCUT2D eigenvalue weighted by Gasteiger charge is 2.56. The zero-order valence-electron chi connectivity index (χ0n) is 22.8. The highest BCUT2D eigenvalue weighted by Crippen LogP contribution is 2.54. The van der Waals surface area contributed by atoms with E-state index in [9.17, 15) is 27.6 Å². The minimum absolute atomic E-state index is 0.113. The molecule has 0 radical (unpaired) electrons. The van der Waals surface area contributed by atoms with Gasteiger partial charge in [-0.3, -0.25) is 23.7 Å². The summed E-state index contributed by atoms with van der Waals surface area (Å²) in [5.41, 5.74) is 1.41. The lowest BCUT2D eigenvalue weighted by atomic mass is 9.83. The number of benzene rings is 3. The van der Waals surface area contributed by atoms with Gasteiger partial charge in [0.25, 0.3) is 0 Å². The summed E-state index contributed by atoms with van der Waals surface area (Å²) in [6, 6.07) is 18.8. The molecule has 0 saturated carbocycles. The van der Waals surface area contributed by atoms with Crippen LogP contribution in [0, 0.1) is 5.92 Å².